The molecule has 6 nitrogen and oxygen atoms in total. The monoisotopic (exact) mass is 384 g/mol. The predicted molar refractivity (Wildman–Crippen MR) is 108 cm³/mol. The molecule has 150 valence electrons. The van der Waals surface area contributed by atoms with Crippen molar-refractivity contribution in [3.05, 3.63) is 59.7 Å². The Hall–Kier alpha value is -3.02. The van der Waals surface area contributed by atoms with Crippen LogP contribution in [0, 0.1) is 0 Å². The third-order valence-corrected chi connectivity index (χ3v) is 4.57. The topological polar surface area (TPSA) is 67.9 Å². The number of nitrogens with zero attached hydrogens (tertiary/aromatic N) is 1. The second-order valence-electron chi connectivity index (χ2n) is 6.41. The van der Waals surface area contributed by atoms with Gasteiger partial charge in [0.05, 0.1) is 14.2 Å². The first-order valence-corrected chi connectivity index (χ1v) is 9.31. The lowest BCUT2D eigenvalue weighted by atomic mass is 10.1. The van der Waals surface area contributed by atoms with Crippen molar-refractivity contribution >= 4 is 11.8 Å². The van der Waals surface area contributed by atoms with Crippen molar-refractivity contribution in [2.24, 2.45) is 0 Å². The Balaban J connectivity index is 1.83. The van der Waals surface area contributed by atoms with E-state index in [1.54, 1.807) is 19.1 Å². The molecule has 0 aromatic heterocycles. The van der Waals surface area contributed by atoms with E-state index in [0.717, 1.165) is 22.6 Å². The minimum absolute atomic E-state index is 0.0487. The summed E-state index contributed by atoms with van der Waals surface area (Å²) in [6.45, 7) is 2.83. The molecule has 0 spiro atoms. The van der Waals surface area contributed by atoms with E-state index < -0.39 is 0 Å². The van der Waals surface area contributed by atoms with Crippen LogP contribution in [0.3, 0.4) is 0 Å². The van der Waals surface area contributed by atoms with Crippen LogP contribution >= 0.6 is 0 Å². The van der Waals surface area contributed by atoms with Crippen LogP contribution in [0.25, 0.3) is 0 Å². The quantitative estimate of drug-likeness (QED) is 0.684. The van der Waals surface area contributed by atoms with Crippen LogP contribution in [0.4, 0.5) is 0 Å². The molecule has 1 N–H and O–H groups in total. The highest BCUT2D eigenvalue weighted by Crippen LogP contribution is 2.18. The number of hydrogen-bond donors (Lipinski definition) is 1. The maximum absolute atomic E-state index is 12.2. The molecule has 28 heavy (non-hydrogen) atoms. The Labute approximate surface area is 166 Å². The minimum atomic E-state index is -0.102. The van der Waals surface area contributed by atoms with Gasteiger partial charge in [-0.2, -0.15) is 0 Å². The van der Waals surface area contributed by atoms with Crippen molar-refractivity contribution in [3.63, 3.8) is 0 Å². The van der Waals surface area contributed by atoms with E-state index in [-0.39, 0.29) is 18.2 Å². The Morgan fingerprint density at radius 3 is 2.07 bits per heavy atom. The molecule has 0 unspecified atom stereocenters. The van der Waals surface area contributed by atoms with Crippen LogP contribution < -0.4 is 14.8 Å². The van der Waals surface area contributed by atoms with Gasteiger partial charge in [0.25, 0.3) is 0 Å². The zero-order valence-corrected chi connectivity index (χ0v) is 16.7. The molecule has 0 atom stereocenters. The Morgan fingerprint density at radius 1 is 0.893 bits per heavy atom. The van der Waals surface area contributed by atoms with Gasteiger partial charge in [0, 0.05) is 38.5 Å². The maximum atomic E-state index is 12.2. The van der Waals surface area contributed by atoms with Gasteiger partial charge in [-0.1, -0.05) is 36.4 Å². The second kappa shape index (κ2) is 11.0. The maximum Gasteiger partial charge on any atom is 0.222 e. The molecule has 0 fully saturated rings. The molecule has 0 radical (unpaired) electrons. The van der Waals surface area contributed by atoms with Crippen molar-refractivity contribution in [3.8, 4) is 11.5 Å². The van der Waals surface area contributed by atoms with Crippen LogP contribution in [0.2, 0.25) is 0 Å². The first-order chi connectivity index (χ1) is 13.5. The minimum Gasteiger partial charge on any atom is -0.496 e. The lowest BCUT2D eigenvalue weighted by Gasteiger charge is -2.21. The third kappa shape index (κ3) is 6.30. The van der Waals surface area contributed by atoms with Crippen LogP contribution in [-0.4, -0.2) is 44.0 Å². The summed E-state index contributed by atoms with van der Waals surface area (Å²) in [6, 6.07) is 15.3. The third-order valence-electron chi connectivity index (χ3n) is 4.57. The highest BCUT2D eigenvalue weighted by Gasteiger charge is 2.13. The average molecular weight is 384 g/mol. The molecule has 2 rings (SSSR count). The van der Waals surface area contributed by atoms with E-state index in [1.807, 2.05) is 48.5 Å². The van der Waals surface area contributed by atoms with E-state index in [9.17, 15) is 9.59 Å². The summed E-state index contributed by atoms with van der Waals surface area (Å²) in [4.78, 5) is 25.8. The number of nitrogens with one attached hydrogen (secondary N) is 1. The molecular weight excluding hydrogens is 356 g/mol. The van der Waals surface area contributed by atoms with Crippen molar-refractivity contribution in [1.82, 2.24) is 10.2 Å². The van der Waals surface area contributed by atoms with Gasteiger partial charge < -0.3 is 19.7 Å². The molecule has 0 aliphatic carbocycles. The summed E-state index contributed by atoms with van der Waals surface area (Å²) in [5.74, 6) is 1.40. The number of methoxy groups -OCH3 is 2. The zero-order chi connectivity index (χ0) is 20.4. The Kier molecular flexibility index (Phi) is 8.34. The standard InChI is InChI=1S/C22H28N2O4/c1-17(25)24(14-12-18-8-4-6-10-20(18)27-2)15-13-22(26)23-16-19-9-5-7-11-21(19)28-3/h4-11H,12-16H2,1-3H3,(H,23,26). The molecular formula is C22H28N2O4. The van der Waals surface area contributed by atoms with Crippen molar-refractivity contribution < 1.29 is 19.1 Å². The van der Waals surface area contributed by atoms with Crippen molar-refractivity contribution in [2.45, 2.75) is 26.3 Å². The summed E-state index contributed by atoms with van der Waals surface area (Å²) >= 11 is 0. The van der Waals surface area contributed by atoms with Crippen molar-refractivity contribution in [2.75, 3.05) is 27.3 Å². The molecule has 0 bridgehead atoms. The van der Waals surface area contributed by atoms with E-state index in [1.165, 1.54) is 6.92 Å². The Morgan fingerprint density at radius 2 is 1.46 bits per heavy atom. The first kappa shape index (κ1) is 21.3. The fourth-order valence-electron chi connectivity index (χ4n) is 2.96. The van der Waals surface area contributed by atoms with Gasteiger partial charge in [-0.3, -0.25) is 9.59 Å². The number of hydrogen-bond acceptors (Lipinski definition) is 4. The number of para-hydroxylation sites is 2. The van der Waals surface area contributed by atoms with Gasteiger partial charge in [0.2, 0.25) is 11.8 Å². The summed E-state index contributed by atoms with van der Waals surface area (Å²) < 4.78 is 10.6. The number of benzene rings is 2. The van der Waals surface area contributed by atoms with Crippen LogP contribution in [0.5, 0.6) is 11.5 Å². The van der Waals surface area contributed by atoms with Gasteiger partial charge in [0.1, 0.15) is 11.5 Å². The number of carbonyl (C=O) groups excluding carboxylic acids is 2. The van der Waals surface area contributed by atoms with Crippen LogP contribution in [-0.2, 0) is 22.6 Å². The fraction of sp³-hybridized carbons (Fsp3) is 0.364. The van der Waals surface area contributed by atoms with Gasteiger partial charge in [-0.05, 0) is 24.1 Å². The van der Waals surface area contributed by atoms with E-state index in [0.29, 0.717) is 26.1 Å². The van der Waals surface area contributed by atoms with E-state index in [2.05, 4.69) is 5.32 Å². The first-order valence-electron chi connectivity index (χ1n) is 9.31. The lowest BCUT2D eigenvalue weighted by Crippen LogP contribution is -2.35. The molecule has 0 aliphatic rings. The summed E-state index contributed by atoms with van der Waals surface area (Å²) in [5, 5.41) is 2.88. The SMILES string of the molecule is COc1ccccc1CCN(CCC(=O)NCc1ccccc1OC)C(C)=O. The van der Waals surface area contributed by atoms with Gasteiger partial charge in [-0.15, -0.1) is 0 Å². The van der Waals surface area contributed by atoms with Crippen molar-refractivity contribution in [1.29, 1.82) is 0 Å². The molecule has 0 saturated heterocycles. The predicted octanol–water partition coefficient (Wildman–Crippen LogP) is 2.80. The van der Waals surface area contributed by atoms with Crippen LogP contribution in [0.1, 0.15) is 24.5 Å². The number of amides is 2. The molecule has 0 heterocycles. The number of carbonyl (C=O) groups is 2. The zero-order valence-electron chi connectivity index (χ0n) is 16.7. The van der Waals surface area contributed by atoms with Gasteiger partial charge >= 0.3 is 0 Å². The molecule has 6 heteroatoms. The molecule has 0 saturated carbocycles. The van der Waals surface area contributed by atoms with E-state index >= 15 is 0 Å². The van der Waals surface area contributed by atoms with Gasteiger partial charge in [0.15, 0.2) is 0 Å². The molecule has 2 amide bonds. The normalized spacial score (nSPS) is 10.2. The summed E-state index contributed by atoms with van der Waals surface area (Å²) in [7, 11) is 3.24. The highest BCUT2D eigenvalue weighted by atomic mass is 16.5. The van der Waals surface area contributed by atoms with E-state index in [4.69, 9.17) is 9.47 Å². The second-order valence-corrected chi connectivity index (χ2v) is 6.41. The van der Waals surface area contributed by atoms with Gasteiger partial charge in [-0.25, -0.2) is 0 Å². The smallest absolute Gasteiger partial charge is 0.222 e. The molecule has 2 aromatic carbocycles. The Bertz CT molecular complexity index is 792. The highest BCUT2D eigenvalue weighted by molar-refractivity contribution is 5.78. The number of ether oxygens (including phenoxy) is 2. The number of rotatable bonds is 10. The summed E-state index contributed by atoms with van der Waals surface area (Å²) in [6.07, 6.45) is 0.924. The molecule has 0 aliphatic heterocycles. The average Bonchev–Trinajstić information content (AvgIpc) is 2.72. The van der Waals surface area contributed by atoms with Crippen LogP contribution in [0.15, 0.2) is 48.5 Å². The lowest BCUT2D eigenvalue weighted by molar-refractivity contribution is -0.129. The summed E-state index contributed by atoms with van der Waals surface area (Å²) in [5.41, 5.74) is 1.95. The molecule has 2 aromatic rings. The largest absolute Gasteiger partial charge is 0.496 e. The fourth-order valence-corrected chi connectivity index (χ4v) is 2.96.